The quantitative estimate of drug-likeness (QED) is 0.438. The number of hydrogen-bond acceptors (Lipinski definition) is 3. The summed E-state index contributed by atoms with van der Waals surface area (Å²) in [5, 5.41) is -0.0860. The summed E-state index contributed by atoms with van der Waals surface area (Å²) in [5.74, 6) is 0.710. The predicted molar refractivity (Wildman–Crippen MR) is 76.8 cm³/mol. The lowest BCUT2D eigenvalue weighted by molar-refractivity contribution is -0.146. The van der Waals surface area contributed by atoms with E-state index in [0.29, 0.717) is 12.8 Å². The second-order valence-corrected chi connectivity index (χ2v) is 6.09. The van der Waals surface area contributed by atoms with E-state index in [9.17, 15) is 9.18 Å². The third kappa shape index (κ3) is 8.78. The van der Waals surface area contributed by atoms with Gasteiger partial charge in [-0.1, -0.05) is 20.3 Å². The van der Waals surface area contributed by atoms with Crippen molar-refractivity contribution < 1.29 is 13.9 Å². The van der Waals surface area contributed by atoms with Crippen LogP contribution in [0.3, 0.4) is 0 Å². The number of hydrogen-bond donors (Lipinski definition) is 0. The minimum Gasteiger partial charge on any atom is -0.462 e. The average Bonchev–Trinajstić information content (AvgIpc) is 2.31. The molecule has 0 aromatic rings. The van der Waals surface area contributed by atoms with Gasteiger partial charge in [0.05, 0.1) is 12.3 Å². The maximum atomic E-state index is 13.0. The van der Waals surface area contributed by atoms with Crippen LogP contribution in [0.2, 0.25) is 0 Å². The fraction of sp³-hybridized carbons (Fsp3) is 0.929. The highest BCUT2D eigenvalue weighted by Gasteiger charge is 2.20. The van der Waals surface area contributed by atoms with Gasteiger partial charge in [0.2, 0.25) is 0 Å². The number of rotatable bonds is 10. The molecule has 0 amide bonds. The zero-order chi connectivity index (χ0) is 14.0. The first-order valence-corrected chi connectivity index (χ1v) is 8.02. The Balaban J connectivity index is 3.92. The summed E-state index contributed by atoms with van der Waals surface area (Å²) >= 11 is 1.61. The van der Waals surface area contributed by atoms with Crippen molar-refractivity contribution in [1.82, 2.24) is 0 Å². The second kappa shape index (κ2) is 10.7. The molecule has 18 heavy (non-hydrogen) atoms. The first-order chi connectivity index (χ1) is 8.51. The molecular weight excluding hydrogens is 251 g/mol. The standard InChI is InChI=1S/C14H27FO2S/c1-5-8-13(14(16)17-11(3)4)18-10-7-9-12(15)6-2/h11-13H,5-10H2,1-4H3. The lowest BCUT2D eigenvalue weighted by atomic mass is 10.2. The Morgan fingerprint density at radius 2 is 1.94 bits per heavy atom. The Morgan fingerprint density at radius 1 is 1.28 bits per heavy atom. The first kappa shape index (κ1) is 17.8. The van der Waals surface area contributed by atoms with Crippen molar-refractivity contribution in [3.05, 3.63) is 0 Å². The van der Waals surface area contributed by atoms with Crippen molar-refractivity contribution >= 4 is 17.7 Å². The van der Waals surface area contributed by atoms with Crippen molar-refractivity contribution in [3.8, 4) is 0 Å². The number of halogens is 1. The van der Waals surface area contributed by atoms with E-state index in [-0.39, 0.29) is 17.3 Å². The van der Waals surface area contributed by atoms with Crippen molar-refractivity contribution in [2.75, 3.05) is 5.75 Å². The minimum atomic E-state index is -0.696. The summed E-state index contributed by atoms with van der Waals surface area (Å²) in [5.41, 5.74) is 0. The zero-order valence-electron chi connectivity index (χ0n) is 12.1. The molecule has 4 heteroatoms. The van der Waals surface area contributed by atoms with Gasteiger partial charge in [0, 0.05) is 0 Å². The molecule has 2 atom stereocenters. The normalized spacial score (nSPS) is 14.6. The van der Waals surface area contributed by atoms with E-state index < -0.39 is 6.17 Å². The van der Waals surface area contributed by atoms with Gasteiger partial charge in [-0.3, -0.25) is 4.79 Å². The van der Waals surface area contributed by atoms with E-state index >= 15 is 0 Å². The smallest absolute Gasteiger partial charge is 0.319 e. The molecule has 0 radical (unpaired) electrons. The fourth-order valence-electron chi connectivity index (χ4n) is 1.57. The fourth-order valence-corrected chi connectivity index (χ4v) is 2.79. The molecule has 0 rings (SSSR count). The van der Waals surface area contributed by atoms with Crippen LogP contribution in [-0.2, 0) is 9.53 Å². The van der Waals surface area contributed by atoms with Crippen LogP contribution in [0.1, 0.15) is 59.8 Å². The molecule has 0 aromatic carbocycles. The van der Waals surface area contributed by atoms with Gasteiger partial charge in [0.25, 0.3) is 0 Å². The molecule has 0 aliphatic rings. The third-order valence-electron chi connectivity index (χ3n) is 2.59. The molecule has 108 valence electrons. The van der Waals surface area contributed by atoms with Gasteiger partial charge < -0.3 is 4.74 Å². The maximum Gasteiger partial charge on any atom is 0.319 e. The molecule has 0 saturated carbocycles. The van der Waals surface area contributed by atoms with Crippen LogP contribution < -0.4 is 0 Å². The van der Waals surface area contributed by atoms with Crippen LogP contribution in [0.25, 0.3) is 0 Å². The van der Waals surface area contributed by atoms with Crippen molar-refractivity contribution in [3.63, 3.8) is 0 Å². The van der Waals surface area contributed by atoms with Gasteiger partial charge in [-0.2, -0.15) is 0 Å². The van der Waals surface area contributed by atoms with Crippen molar-refractivity contribution in [2.24, 2.45) is 0 Å². The van der Waals surface area contributed by atoms with Gasteiger partial charge in [-0.05, 0) is 45.3 Å². The molecular formula is C14H27FO2S. The SMILES string of the molecule is CCCC(SCCCC(F)CC)C(=O)OC(C)C. The van der Waals surface area contributed by atoms with Crippen LogP contribution >= 0.6 is 11.8 Å². The van der Waals surface area contributed by atoms with E-state index in [1.165, 1.54) is 0 Å². The summed E-state index contributed by atoms with van der Waals surface area (Å²) in [4.78, 5) is 11.8. The molecule has 0 aliphatic carbocycles. The van der Waals surface area contributed by atoms with Crippen molar-refractivity contribution in [1.29, 1.82) is 0 Å². The Hall–Kier alpha value is -0.250. The monoisotopic (exact) mass is 278 g/mol. The Morgan fingerprint density at radius 3 is 2.44 bits per heavy atom. The van der Waals surface area contributed by atoms with Gasteiger partial charge in [-0.15, -0.1) is 11.8 Å². The average molecular weight is 278 g/mol. The van der Waals surface area contributed by atoms with Gasteiger partial charge in [0.1, 0.15) is 5.25 Å². The van der Waals surface area contributed by atoms with Gasteiger partial charge in [-0.25, -0.2) is 4.39 Å². The molecule has 0 N–H and O–H groups in total. The number of ether oxygens (including phenoxy) is 1. The topological polar surface area (TPSA) is 26.3 Å². The van der Waals surface area contributed by atoms with Crippen LogP contribution in [0.15, 0.2) is 0 Å². The Labute approximate surface area is 115 Å². The summed E-state index contributed by atoms with van der Waals surface area (Å²) in [6, 6.07) is 0. The number of carbonyl (C=O) groups is 1. The third-order valence-corrected chi connectivity index (χ3v) is 3.94. The highest BCUT2D eigenvalue weighted by Crippen LogP contribution is 2.21. The van der Waals surface area contributed by atoms with E-state index in [4.69, 9.17) is 4.74 Å². The second-order valence-electron chi connectivity index (χ2n) is 4.78. The molecule has 0 aromatic heterocycles. The number of esters is 1. The van der Waals surface area contributed by atoms with Gasteiger partial charge >= 0.3 is 5.97 Å². The minimum absolute atomic E-state index is 0.0623. The van der Waals surface area contributed by atoms with Crippen LogP contribution in [0.4, 0.5) is 4.39 Å². The first-order valence-electron chi connectivity index (χ1n) is 6.97. The molecule has 0 saturated heterocycles. The highest BCUT2D eigenvalue weighted by atomic mass is 32.2. The molecule has 0 aliphatic heterocycles. The molecule has 0 fully saturated rings. The van der Waals surface area contributed by atoms with Crippen LogP contribution in [0.5, 0.6) is 0 Å². The number of alkyl halides is 1. The number of carbonyl (C=O) groups excluding carboxylic acids is 1. The predicted octanol–water partition coefficient (Wildman–Crippen LogP) is 4.37. The lowest BCUT2D eigenvalue weighted by Gasteiger charge is -2.17. The van der Waals surface area contributed by atoms with Crippen LogP contribution in [0, 0.1) is 0 Å². The van der Waals surface area contributed by atoms with E-state index in [1.54, 1.807) is 11.8 Å². The Kier molecular flexibility index (Phi) is 10.5. The van der Waals surface area contributed by atoms with Crippen molar-refractivity contribution in [2.45, 2.75) is 77.3 Å². The van der Waals surface area contributed by atoms with Crippen LogP contribution in [-0.4, -0.2) is 29.2 Å². The molecule has 2 unspecified atom stereocenters. The maximum absolute atomic E-state index is 13.0. The Bertz CT molecular complexity index is 222. The van der Waals surface area contributed by atoms with E-state index in [2.05, 4.69) is 6.92 Å². The number of thioether (sulfide) groups is 1. The van der Waals surface area contributed by atoms with E-state index in [1.807, 2.05) is 20.8 Å². The zero-order valence-corrected chi connectivity index (χ0v) is 12.9. The van der Waals surface area contributed by atoms with E-state index in [0.717, 1.165) is 25.0 Å². The molecule has 0 heterocycles. The highest BCUT2D eigenvalue weighted by molar-refractivity contribution is 8.00. The summed E-state index contributed by atoms with van der Waals surface area (Å²) in [7, 11) is 0. The summed E-state index contributed by atoms with van der Waals surface area (Å²) < 4.78 is 18.3. The largest absolute Gasteiger partial charge is 0.462 e. The molecule has 0 spiro atoms. The van der Waals surface area contributed by atoms with Gasteiger partial charge in [0.15, 0.2) is 0 Å². The summed E-state index contributed by atoms with van der Waals surface area (Å²) in [6.07, 6.45) is 3.05. The lowest BCUT2D eigenvalue weighted by Crippen LogP contribution is -2.23. The summed E-state index contributed by atoms with van der Waals surface area (Å²) in [6.45, 7) is 7.64. The molecule has 0 bridgehead atoms. The molecule has 2 nitrogen and oxygen atoms in total.